The van der Waals surface area contributed by atoms with Gasteiger partial charge in [0.05, 0.1) is 19.4 Å². The number of carbonyl (C=O) groups is 1. The molecule has 0 saturated carbocycles. The zero-order valence-electron chi connectivity index (χ0n) is 11.1. The predicted molar refractivity (Wildman–Crippen MR) is 67.9 cm³/mol. The van der Waals surface area contributed by atoms with Crippen molar-refractivity contribution in [2.75, 3.05) is 19.4 Å². The highest BCUT2D eigenvalue weighted by atomic mass is 31.2. The van der Waals surface area contributed by atoms with Gasteiger partial charge in [-0.1, -0.05) is 6.92 Å². The van der Waals surface area contributed by atoms with Crippen LogP contribution in [0.3, 0.4) is 0 Å². The van der Waals surface area contributed by atoms with Crippen molar-refractivity contribution >= 4 is 21.2 Å². The molecule has 0 spiro atoms. The molecule has 0 rings (SSSR count). The smallest absolute Gasteiger partial charge is 0.371 e. The Balaban J connectivity index is 5.20. The summed E-state index contributed by atoms with van der Waals surface area (Å²) in [6.07, 6.45) is -0.925. The zero-order valence-corrected chi connectivity index (χ0v) is 12.9. The van der Waals surface area contributed by atoms with Gasteiger partial charge in [-0.3, -0.25) is 13.9 Å². The highest BCUT2D eigenvalue weighted by molar-refractivity contribution is 7.57. The van der Waals surface area contributed by atoms with E-state index in [0.717, 1.165) is 0 Å². The molecule has 1 unspecified atom stereocenters. The van der Waals surface area contributed by atoms with Gasteiger partial charge in [0.25, 0.3) is 0 Å². The summed E-state index contributed by atoms with van der Waals surface area (Å²) in [5.41, 5.74) is 0. The van der Waals surface area contributed by atoms with Gasteiger partial charge >= 0.3 is 21.2 Å². The minimum absolute atomic E-state index is 0.00138. The van der Waals surface area contributed by atoms with Crippen molar-refractivity contribution in [3.8, 4) is 0 Å². The fourth-order valence-electron chi connectivity index (χ4n) is 1.20. The predicted octanol–water partition coefficient (Wildman–Crippen LogP) is 1.71. The summed E-state index contributed by atoms with van der Waals surface area (Å²) in [7, 11) is -8.47. The van der Waals surface area contributed by atoms with E-state index in [1.165, 1.54) is 6.92 Å². The molecule has 10 heteroatoms. The van der Waals surface area contributed by atoms with Crippen molar-refractivity contribution in [3.05, 3.63) is 0 Å². The molecule has 0 aliphatic carbocycles. The maximum absolute atomic E-state index is 12.4. The van der Waals surface area contributed by atoms with Crippen LogP contribution in [0.25, 0.3) is 0 Å². The van der Waals surface area contributed by atoms with E-state index < -0.39 is 33.2 Å². The maximum atomic E-state index is 12.4. The van der Waals surface area contributed by atoms with Gasteiger partial charge in [0.15, 0.2) is 0 Å². The van der Waals surface area contributed by atoms with Gasteiger partial charge in [-0.05, 0) is 13.8 Å². The number of hydrogen-bond acceptors (Lipinski definition) is 6. The zero-order chi connectivity index (χ0) is 15.1. The third-order valence-corrected chi connectivity index (χ3v) is 5.25. The van der Waals surface area contributed by atoms with E-state index in [-0.39, 0.29) is 19.6 Å². The lowest BCUT2D eigenvalue weighted by Crippen LogP contribution is -2.24. The summed E-state index contributed by atoms with van der Waals surface area (Å²) >= 11 is 0. The molecule has 114 valence electrons. The van der Waals surface area contributed by atoms with Crippen LogP contribution < -0.4 is 0 Å². The first-order valence-corrected chi connectivity index (χ1v) is 9.22. The van der Waals surface area contributed by atoms with E-state index in [4.69, 9.17) is 23.6 Å². The molecule has 1 atom stereocenters. The summed E-state index contributed by atoms with van der Waals surface area (Å²) in [6.45, 7) is 4.59. The molecule has 0 bridgehead atoms. The standard InChI is InChI=1S/C9H20O8P2/c1-4-8(10)17-9(7-18(11,12)13)19(14,15-5-2)16-6-3/h9H,4-7H2,1-3H3,(H2,11,12,13). The van der Waals surface area contributed by atoms with Crippen LogP contribution in [-0.4, -0.2) is 41.0 Å². The number of hydrogen-bond donors (Lipinski definition) is 2. The Hall–Kier alpha value is -0.230. The molecular formula is C9H20O8P2. The molecule has 0 aromatic carbocycles. The largest absolute Gasteiger partial charge is 0.449 e. The van der Waals surface area contributed by atoms with Crippen molar-refractivity contribution in [1.82, 2.24) is 0 Å². The lowest BCUT2D eigenvalue weighted by Gasteiger charge is -2.26. The lowest BCUT2D eigenvalue weighted by molar-refractivity contribution is -0.145. The number of esters is 1. The fourth-order valence-corrected chi connectivity index (χ4v) is 4.50. The second-order valence-electron chi connectivity index (χ2n) is 3.52. The Morgan fingerprint density at radius 1 is 1.11 bits per heavy atom. The maximum Gasteiger partial charge on any atom is 0.371 e. The van der Waals surface area contributed by atoms with Crippen molar-refractivity contribution in [3.63, 3.8) is 0 Å². The molecule has 0 radical (unpaired) electrons. The van der Waals surface area contributed by atoms with Crippen LogP contribution in [0.2, 0.25) is 0 Å². The average Bonchev–Trinajstić information content (AvgIpc) is 2.26. The summed E-state index contributed by atoms with van der Waals surface area (Å²) < 4.78 is 38.1. The quantitative estimate of drug-likeness (QED) is 0.487. The Kier molecular flexibility index (Phi) is 8.05. The van der Waals surface area contributed by atoms with E-state index in [0.29, 0.717) is 0 Å². The molecule has 0 fully saturated rings. The highest BCUT2D eigenvalue weighted by Gasteiger charge is 2.42. The molecule has 0 amide bonds. The second-order valence-corrected chi connectivity index (χ2v) is 7.39. The van der Waals surface area contributed by atoms with E-state index in [1.54, 1.807) is 13.8 Å². The minimum Gasteiger partial charge on any atom is -0.449 e. The van der Waals surface area contributed by atoms with E-state index >= 15 is 0 Å². The first kappa shape index (κ1) is 18.8. The van der Waals surface area contributed by atoms with Gasteiger partial charge in [0, 0.05) is 6.42 Å². The van der Waals surface area contributed by atoms with E-state index in [2.05, 4.69) is 0 Å². The van der Waals surface area contributed by atoms with Crippen LogP contribution in [-0.2, 0) is 27.7 Å². The monoisotopic (exact) mass is 318 g/mol. The molecule has 8 nitrogen and oxygen atoms in total. The van der Waals surface area contributed by atoms with Crippen LogP contribution in [0, 0.1) is 0 Å². The third kappa shape index (κ3) is 7.20. The normalized spacial score (nSPS) is 14.2. The first-order chi connectivity index (χ1) is 8.68. The molecule has 0 aliphatic heterocycles. The van der Waals surface area contributed by atoms with Gasteiger partial charge in [-0.15, -0.1) is 0 Å². The van der Waals surface area contributed by atoms with Crippen LogP contribution in [0.15, 0.2) is 0 Å². The van der Waals surface area contributed by atoms with Gasteiger partial charge in [-0.2, -0.15) is 0 Å². The molecule has 2 N–H and O–H groups in total. The molecule has 0 saturated heterocycles. The van der Waals surface area contributed by atoms with Gasteiger partial charge < -0.3 is 23.6 Å². The average molecular weight is 318 g/mol. The highest BCUT2D eigenvalue weighted by Crippen LogP contribution is 2.57. The SMILES string of the molecule is CCOP(=O)(OCC)C(CP(=O)(O)O)OC(=O)CC. The number of rotatable bonds is 9. The van der Waals surface area contributed by atoms with Crippen LogP contribution in [0.4, 0.5) is 0 Å². The van der Waals surface area contributed by atoms with Gasteiger partial charge in [0.1, 0.15) is 0 Å². The van der Waals surface area contributed by atoms with Crippen molar-refractivity contribution < 1.29 is 37.5 Å². The lowest BCUT2D eigenvalue weighted by atomic mass is 10.5. The van der Waals surface area contributed by atoms with E-state index in [9.17, 15) is 13.9 Å². The fraction of sp³-hybridized carbons (Fsp3) is 0.889. The number of carbonyl (C=O) groups excluding carboxylic acids is 1. The topological polar surface area (TPSA) is 119 Å². The first-order valence-electron chi connectivity index (χ1n) is 5.81. The van der Waals surface area contributed by atoms with Crippen LogP contribution >= 0.6 is 15.2 Å². The second kappa shape index (κ2) is 8.15. The Bertz CT molecular complexity index is 366. The number of ether oxygens (including phenoxy) is 1. The van der Waals surface area contributed by atoms with Gasteiger partial charge in [0.2, 0.25) is 5.85 Å². The van der Waals surface area contributed by atoms with Crippen LogP contribution in [0.1, 0.15) is 27.2 Å². The minimum atomic E-state index is -4.54. The summed E-state index contributed by atoms with van der Waals surface area (Å²) in [6, 6.07) is 0. The molecule has 19 heavy (non-hydrogen) atoms. The Labute approximate surface area is 112 Å². The molecule has 0 aromatic heterocycles. The van der Waals surface area contributed by atoms with E-state index in [1.807, 2.05) is 0 Å². The Morgan fingerprint density at radius 2 is 1.58 bits per heavy atom. The summed E-state index contributed by atoms with van der Waals surface area (Å²) in [5.74, 6) is -2.35. The third-order valence-electron chi connectivity index (χ3n) is 1.92. The summed E-state index contributed by atoms with van der Waals surface area (Å²) in [4.78, 5) is 29.2. The Morgan fingerprint density at radius 3 is 1.89 bits per heavy atom. The molecule has 0 heterocycles. The van der Waals surface area contributed by atoms with Crippen molar-refractivity contribution in [2.24, 2.45) is 0 Å². The molecule has 0 aromatic rings. The van der Waals surface area contributed by atoms with Gasteiger partial charge in [-0.25, -0.2) is 0 Å². The molecule has 0 aliphatic rings. The van der Waals surface area contributed by atoms with Crippen molar-refractivity contribution in [2.45, 2.75) is 33.0 Å². The van der Waals surface area contributed by atoms with Crippen molar-refractivity contribution in [1.29, 1.82) is 0 Å². The van der Waals surface area contributed by atoms with Crippen LogP contribution in [0.5, 0.6) is 0 Å². The molecular weight excluding hydrogens is 298 g/mol. The summed E-state index contributed by atoms with van der Waals surface area (Å²) in [5, 5.41) is 0.